The van der Waals surface area contributed by atoms with Crippen molar-refractivity contribution in [3.8, 4) is 0 Å². The summed E-state index contributed by atoms with van der Waals surface area (Å²) in [4.78, 5) is 11.1. The number of hydrogen-bond acceptors (Lipinski definition) is 2. The van der Waals surface area contributed by atoms with Gasteiger partial charge in [0.2, 0.25) is 0 Å². The number of carbonyl (C=O) groups is 1. The van der Waals surface area contributed by atoms with Crippen molar-refractivity contribution < 1.29 is 4.79 Å². The highest BCUT2D eigenvalue weighted by atomic mass is 16.1. The van der Waals surface area contributed by atoms with Crippen LogP contribution in [0.25, 0.3) is 0 Å². The van der Waals surface area contributed by atoms with Gasteiger partial charge in [-0.25, -0.2) is 0 Å². The van der Waals surface area contributed by atoms with Gasteiger partial charge in [-0.15, -0.1) is 0 Å². The van der Waals surface area contributed by atoms with Crippen LogP contribution >= 0.6 is 0 Å². The molecule has 0 aliphatic heterocycles. The molecule has 0 heterocycles. The smallest absolute Gasteiger partial charge is 0.157 e. The lowest BCUT2D eigenvalue weighted by atomic mass is 9.98. The summed E-state index contributed by atoms with van der Waals surface area (Å²) < 4.78 is 0. The van der Waals surface area contributed by atoms with Gasteiger partial charge in [-0.1, -0.05) is 0 Å². The molecular formula is C13H19NO. The first kappa shape index (κ1) is 9.44. The summed E-state index contributed by atoms with van der Waals surface area (Å²) in [5, 5.41) is 3.50. The molecule has 0 spiro atoms. The average Bonchev–Trinajstić information content (AvgIpc) is 3.09. The van der Waals surface area contributed by atoms with Crippen LogP contribution in [0.5, 0.6) is 0 Å². The third kappa shape index (κ3) is 2.24. The van der Waals surface area contributed by atoms with E-state index >= 15 is 0 Å². The van der Waals surface area contributed by atoms with Gasteiger partial charge in [0.25, 0.3) is 0 Å². The minimum absolute atomic E-state index is 0.298. The highest BCUT2D eigenvalue weighted by Gasteiger charge is 2.41. The third-order valence-electron chi connectivity index (χ3n) is 4.00. The summed E-state index contributed by atoms with van der Waals surface area (Å²) in [7, 11) is 0. The van der Waals surface area contributed by atoms with Crippen LogP contribution in [0.4, 0.5) is 0 Å². The molecule has 0 aromatic rings. The van der Waals surface area contributed by atoms with E-state index in [2.05, 4.69) is 5.32 Å². The predicted octanol–water partition coefficient (Wildman–Crippen LogP) is 2.26. The molecular weight excluding hydrogens is 186 g/mol. The predicted molar refractivity (Wildman–Crippen MR) is 59.3 cm³/mol. The zero-order chi connectivity index (χ0) is 10.3. The Morgan fingerprint density at radius 1 is 1.20 bits per heavy atom. The number of carbonyl (C=O) groups excluding carboxylic acids is 1. The van der Waals surface area contributed by atoms with Crippen LogP contribution in [-0.4, -0.2) is 12.3 Å². The zero-order valence-electron chi connectivity index (χ0n) is 9.17. The molecule has 0 amide bonds. The maximum atomic E-state index is 11.1. The molecule has 0 aromatic heterocycles. The van der Waals surface area contributed by atoms with Gasteiger partial charge in [-0.05, 0) is 49.9 Å². The minimum atomic E-state index is 0.298. The number of hydrogen-bond donors (Lipinski definition) is 1. The largest absolute Gasteiger partial charge is 0.388 e. The zero-order valence-corrected chi connectivity index (χ0v) is 9.17. The third-order valence-corrected chi connectivity index (χ3v) is 4.00. The Balaban J connectivity index is 1.51. The van der Waals surface area contributed by atoms with E-state index in [1.165, 1.54) is 31.4 Å². The SMILES string of the molecule is O=C1C=C(NCC(C2CC2)C2CC2)CC1. The second-order valence-corrected chi connectivity index (χ2v) is 5.36. The first-order valence-electron chi connectivity index (χ1n) is 6.30. The quantitative estimate of drug-likeness (QED) is 0.746. The summed E-state index contributed by atoms with van der Waals surface area (Å²) in [5.41, 5.74) is 1.19. The molecule has 15 heavy (non-hydrogen) atoms. The van der Waals surface area contributed by atoms with Gasteiger partial charge in [0.05, 0.1) is 0 Å². The number of allylic oxidation sites excluding steroid dienone is 2. The molecule has 3 rings (SSSR count). The summed E-state index contributed by atoms with van der Waals surface area (Å²) in [6.07, 6.45) is 9.25. The van der Waals surface area contributed by atoms with Crippen molar-refractivity contribution in [2.24, 2.45) is 17.8 Å². The highest BCUT2D eigenvalue weighted by molar-refractivity contribution is 5.92. The molecule has 0 atom stereocenters. The second kappa shape index (κ2) is 3.66. The van der Waals surface area contributed by atoms with E-state index in [9.17, 15) is 4.79 Å². The van der Waals surface area contributed by atoms with Gasteiger partial charge < -0.3 is 5.32 Å². The van der Waals surface area contributed by atoms with Crippen LogP contribution in [0.3, 0.4) is 0 Å². The summed E-state index contributed by atoms with van der Waals surface area (Å²) in [6, 6.07) is 0. The van der Waals surface area contributed by atoms with Crippen molar-refractivity contribution in [3.63, 3.8) is 0 Å². The highest BCUT2D eigenvalue weighted by Crippen LogP contribution is 2.48. The number of rotatable bonds is 5. The maximum absolute atomic E-state index is 11.1. The standard InChI is InChI=1S/C13H19NO/c15-12-6-5-11(7-12)14-8-13(9-1-2-9)10-3-4-10/h7,9-10,13-14H,1-6,8H2. The topological polar surface area (TPSA) is 29.1 Å². The minimum Gasteiger partial charge on any atom is -0.388 e. The fourth-order valence-electron chi connectivity index (χ4n) is 2.75. The van der Waals surface area contributed by atoms with E-state index in [1.807, 2.05) is 0 Å². The van der Waals surface area contributed by atoms with E-state index in [-0.39, 0.29) is 0 Å². The Bertz CT molecular complexity index is 288. The molecule has 3 aliphatic carbocycles. The maximum Gasteiger partial charge on any atom is 0.157 e. The molecule has 0 saturated heterocycles. The molecule has 2 saturated carbocycles. The van der Waals surface area contributed by atoms with E-state index in [0.29, 0.717) is 5.78 Å². The van der Waals surface area contributed by atoms with Gasteiger partial charge in [-0.2, -0.15) is 0 Å². The second-order valence-electron chi connectivity index (χ2n) is 5.36. The normalized spacial score (nSPS) is 25.9. The van der Waals surface area contributed by atoms with Crippen molar-refractivity contribution in [2.75, 3.05) is 6.54 Å². The molecule has 2 fully saturated rings. The molecule has 2 nitrogen and oxygen atoms in total. The molecule has 3 aliphatic rings. The Morgan fingerprint density at radius 3 is 2.33 bits per heavy atom. The van der Waals surface area contributed by atoms with Crippen LogP contribution in [0.15, 0.2) is 11.8 Å². The van der Waals surface area contributed by atoms with E-state index < -0.39 is 0 Å². The van der Waals surface area contributed by atoms with Crippen molar-refractivity contribution in [1.82, 2.24) is 5.32 Å². The first-order valence-corrected chi connectivity index (χ1v) is 6.30. The monoisotopic (exact) mass is 205 g/mol. The lowest BCUT2D eigenvalue weighted by Crippen LogP contribution is -2.24. The molecule has 82 valence electrons. The Kier molecular flexibility index (Phi) is 2.30. The van der Waals surface area contributed by atoms with Crippen molar-refractivity contribution in [3.05, 3.63) is 11.8 Å². The summed E-state index contributed by atoms with van der Waals surface area (Å²) in [6.45, 7) is 1.12. The number of ketones is 1. The fourth-order valence-corrected chi connectivity index (χ4v) is 2.75. The van der Waals surface area contributed by atoms with Crippen LogP contribution in [0, 0.1) is 17.8 Å². The molecule has 0 aromatic carbocycles. The van der Waals surface area contributed by atoms with E-state index in [4.69, 9.17) is 0 Å². The lowest BCUT2D eigenvalue weighted by Gasteiger charge is -2.17. The Hall–Kier alpha value is -0.790. The van der Waals surface area contributed by atoms with Crippen molar-refractivity contribution in [2.45, 2.75) is 38.5 Å². The molecule has 2 heteroatoms. The molecule has 0 unspecified atom stereocenters. The van der Waals surface area contributed by atoms with Gasteiger partial charge in [0.1, 0.15) is 0 Å². The van der Waals surface area contributed by atoms with Crippen LogP contribution in [-0.2, 0) is 4.79 Å². The van der Waals surface area contributed by atoms with E-state index in [0.717, 1.165) is 37.1 Å². The van der Waals surface area contributed by atoms with Gasteiger partial charge in [-0.3, -0.25) is 4.79 Å². The molecule has 1 N–H and O–H groups in total. The van der Waals surface area contributed by atoms with E-state index in [1.54, 1.807) is 6.08 Å². The van der Waals surface area contributed by atoms with Crippen LogP contribution < -0.4 is 5.32 Å². The van der Waals surface area contributed by atoms with Gasteiger partial charge in [0.15, 0.2) is 5.78 Å². The number of nitrogens with one attached hydrogen (secondary N) is 1. The van der Waals surface area contributed by atoms with Crippen LogP contribution in [0.2, 0.25) is 0 Å². The fraction of sp³-hybridized carbons (Fsp3) is 0.769. The van der Waals surface area contributed by atoms with Crippen LogP contribution in [0.1, 0.15) is 38.5 Å². The Labute approximate surface area is 91.1 Å². The van der Waals surface area contributed by atoms with Crippen molar-refractivity contribution >= 4 is 5.78 Å². The average molecular weight is 205 g/mol. The lowest BCUT2D eigenvalue weighted by molar-refractivity contribution is -0.114. The molecule has 0 bridgehead atoms. The first-order chi connectivity index (χ1) is 7.33. The van der Waals surface area contributed by atoms with Crippen molar-refractivity contribution in [1.29, 1.82) is 0 Å². The molecule has 0 radical (unpaired) electrons. The summed E-state index contributed by atoms with van der Waals surface area (Å²) in [5.74, 6) is 3.21. The summed E-state index contributed by atoms with van der Waals surface area (Å²) >= 11 is 0. The Morgan fingerprint density at radius 2 is 1.87 bits per heavy atom. The van der Waals surface area contributed by atoms with Gasteiger partial charge in [0, 0.05) is 24.7 Å². The van der Waals surface area contributed by atoms with Gasteiger partial charge >= 0.3 is 0 Å².